The van der Waals surface area contributed by atoms with Crippen molar-refractivity contribution in [2.45, 2.75) is 52.9 Å². The molecule has 0 aromatic heterocycles. The highest BCUT2D eigenvalue weighted by atomic mass is 16.5. The van der Waals surface area contributed by atoms with Gasteiger partial charge in [-0.15, -0.1) is 0 Å². The minimum absolute atomic E-state index is 0.0449. The molecule has 0 radical (unpaired) electrons. The van der Waals surface area contributed by atoms with Crippen LogP contribution in [-0.4, -0.2) is 74.7 Å². The summed E-state index contributed by atoms with van der Waals surface area (Å²) in [4.78, 5) is 21.4. The molecule has 0 aromatic rings. The van der Waals surface area contributed by atoms with E-state index >= 15 is 0 Å². The zero-order chi connectivity index (χ0) is 19.6. The lowest BCUT2D eigenvalue weighted by molar-refractivity contribution is -0.146. The summed E-state index contributed by atoms with van der Waals surface area (Å²) >= 11 is 0. The van der Waals surface area contributed by atoms with Gasteiger partial charge in [-0.3, -0.25) is 9.79 Å². The first-order chi connectivity index (χ1) is 13.0. The third-order valence-corrected chi connectivity index (χ3v) is 5.75. The van der Waals surface area contributed by atoms with Crippen LogP contribution in [0.4, 0.5) is 0 Å². The molecule has 2 heterocycles. The molecule has 6 nitrogen and oxygen atoms in total. The molecule has 2 rings (SSSR count). The Morgan fingerprint density at radius 1 is 1.15 bits per heavy atom. The van der Waals surface area contributed by atoms with Crippen LogP contribution in [0.5, 0.6) is 0 Å². The monoisotopic (exact) mass is 380 g/mol. The molecule has 0 aromatic carbocycles. The van der Waals surface area contributed by atoms with Crippen molar-refractivity contribution in [3.05, 3.63) is 0 Å². The number of esters is 1. The van der Waals surface area contributed by atoms with Gasteiger partial charge >= 0.3 is 5.97 Å². The van der Waals surface area contributed by atoms with Crippen LogP contribution < -0.4 is 5.32 Å². The van der Waals surface area contributed by atoms with Crippen LogP contribution in [-0.2, 0) is 9.53 Å². The number of unbranched alkanes of at least 4 members (excludes halogenated alkanes) is 1. The summed E-state index contributed by atoms with van der Waals surface area (Å²) in [6.07, 6.45) is 5.42. The molecule has 2 aliphatic rings. The molecule has 1 N–H and O–H groups in total. The largest absolute Gasteiger partial charge is 0.469 e. The Hall–Kier alpha value is -1.30. The summed E-state index contributed by atoms with van der Waals surface area (Å²) in [5.74, 6) is 2.64. The van der Waals surface area contributed by atoms with E-state index in [1.165, 1.54) is 39.6 Å². The second-order valence-corrected chi connectivity index (χ2v) is 8.43. The van der Waals surface area contributed by atoms with Gasteiger partial charge in [-0.25, -0.2) is 0 Å². The van der Waals surface area contributed by atoms with Crippen molar-refractivity contribution in [2.24, 2.45) is 22.7 Å². The molecular weight excluding hydrogens is 340 g/mol. The first-order valence-corrected chi connectivity index (χ1v) is 10.9. The number of nitrogens with one attached hydrogen (secondary N) is 1. The van der Waals surface area contributed by atoms with Crippen LogP contribution in [0.2, 0.25) is 0 Å². The average Bonchev–Trinajstić information content (AvgIpc) is 2.65. The van der Waals surface area contributed by atoms with E-state index in [0.29, 0.717) is 0 Å². The number of hydrogen-bond donors (Lipinski definition) is 1. The number of rotatable bonds is 7. The molecule has 2 aliphatic heterocycles. The Morgan fingerprint density at radius 2 is 1.81 bits per heavy atom. The molecule has 0 amide bonds. The molecule has 0 aliphatic carbocycles. The third kappa shape index (κ3) is 7.32. The summed E-state index contributed by atoms with van der Waals surface area (Å²) in [7, 11) is 1.48. The molecule has 2 fully saturated rings. The van der Waals surface area contributed by atoms with Crippen molar-refractivity contribution in [3.63, 3.8) is 0 Å². The number of carbonyl (C=O) groups is 1. The van der Waals surface area contributed by atoms with Gasteiger partial charge in [-0.05, 0) is 57.4 Å². The van der Waals surface area contributed by atoms with Crippen LogP contribution in [0.3, 0.4) is 0 Å². The molecule has 6 heteroatoms. The fourth-order valence-electron chi connectivity index (χ4n) is 4.53. The van der Waals surface area contributed by atoms with Crippen molar-refractivity contribution in [1.29, 1.82) is 0 Å². The number of aliphatic imine (C=N–C) groups is 1. The van der Waals surface area contributed by atoms with E-state index in [1.54, 1.807) is 0 Å². The predicted molar refractivity (Wildman–Crippen MR) is 111 cm³/mol. The third-order valence-electron chi connectivity index (χ3n) is 5.75. The normalized spacial score (nSPS) is 25.5. The second kappa shape index (κ2) is 11.5. The SMILES string of the molecule is CCNC(=NCCCCN1CC(C)CC(C)C1)N1CCC(C(=O)OC)CC1. The average molecular weight is 381 g/mol. The van der Waals surface area contributed by atoms with Gasteiger partial charge < -0.3 is 19.9 Å². The minimum atomic E-state index is -0.0714. The number of carbonyl (C=O) groups excluding carboxylic acids is 1. The van der Waals surface area contributed by atoms with E-state index in [9.17, 15) is 4.79 Å². The number of likely N-dealkylation sites (tertiary alicyclic amines) is 2. The summed E-state index contributed by atoms with van der Waals surface area (Å²) in [6.45, 7) is 14.1. The zero-order valence-corrected chi connectivity index (χ0v) is 17.9. The van der Waals surface area contributed by atoms with Gasteiger partial charge in [0.25, 0.3) is 0 Å². The van der Waals surface area contributed by atoms with Gasteiger partial charge in [-0.2, -0.15) is 0 Å². The number of piperidine rings is 2. The molecule has 0 spiro atoms. The first-order valence-electron chi connectivity index (χ1n) is 10.9. The van der Waals surface area contributed by atoms with Crippen LogP contribution in [0.25, 0.3) is 0 Å². The number of guanidine groups is 1. The second-order valence-electron chi connectivity index (χ2n) is 8.43. The summed E-state index contributed by atoms with van der Waals surface area (Å²) in [5.41, 5.74) is 0. The quantitative estimate of drug-likeness (QED) is 0.318. The van der Waals surface area contributed by atoms with Crippen LogP contribution >= 0.6 is 0 Å². The van der Waals surface area contributed by atoms with Crippen LogP contribution in [0.15, 0.2) is 4.99 Å². The maximum atomic E-state index is 11.7. The molecule has 2 atom stereocenters. The van der Waals surface area contributed by atoms with Gasteiger partial charge in [0, 0.05) is 39.3 Å². The lowest BCUT2D eigenvalue weighted by Crippen LogP contribution is -2.46. The Kier molecular flexibility index (Phi) is 9.39. The highest BCUT2D eigenvalue weighted by Gasteiger charge is 2.27. The lowest BCUT2D eigenvalue weighted by atomic mass is 9.92. The summed E-state index contributed by atoms with van der Waals surface area (Å²) in [5, 5.41) is 3.41. The van der Waals surface area contributed by atoms with Crippen molar-refractivity contribution in [3.8, 4) is 0 Å². The van der Waals surface area contributed by atoms with E-state index < -0.39 is 0 Å². The summed E-state index contributed by atoms with van der Waals surface area (Å²) in [6, 6.07) is 0. The molecule has 0 saturated carbocycles. The standard InChI is InChI=1S/C21H40N4O2/c1-5-22-21(25-12-8-19(9-13-25)20(26)27-4)23-10-6-7-11-24-15-17(2)14-18(3)16-24/h17-19H,5-16H2,1-4H3,(H,22,23). The van der Waals surface area contributed by atoms with Gasteiger partial charge in [-0.1, -0.05) is 13.8 Å². The Balaban J connectivity index is 1.71. The zero-order valence-electron chi connectivity index (χ0n) is 17.9. The lowest BCUT2D eigenvalue weighted by Gasteiger charge is -2.35. The maximum absolute atomic E-state index is 11.7. The number of nitrogens with zero attached hydrogens (tertiary/aromatic N) is 3. The molecule has 156 valence electrons. The Bertz CT molecular complexity index is 465. The number of ether oxygens (including phenoxy) is 1. The topological polar surface area (TPSA) is 57.2 Å². The van der Waals surface area contributed by atoms with E-state index in [-0.39, 0.29) is 11.9 Å². The van der Waals surface area contributed by atoms with Gasteiger partial charge in [0.2, 0.25) is 0 Å². The number of hydrogen-bond acceptors (Lipinski definition) is 4. The highest BCUT2D eigenvalue weighted by Crippen LogP contribution is 2.21. The smallest absolute Gasteiger partial charge is 0.308 e. The Labute approximate surface area is 165 Å². The highest BCUT2D eigenvalue weighted by molar-refractivity contribution is 5.80. The fraction of sp³-hybridized carbons (Fsp3) is 0.905. The van der Waals surface area contributed by atoms with Crippen molar-refractivity contribution >= 4 is 11.9 Å². The molecule has 2 unspecified atom stereocenters. The molecule has 0 bridgehead atoms. The van der Waals surface area contributed by atoms with E-state index in [0.717, 1.165) is 63.2 Å². The molecule has 27 heavy (non-hydrogen) atoms. The summed E-state index contributed by atoms with van der Waals surface area (Å²) < 4.78 is 4.88. The van der Waals surface area contributed by atoms with Crippen LogP contribution in [0, 0.1) is 17.8 Å². The number of methoxy groups -OCH3 is 1. The van der Waals surface area contributed by atoms with Crippen molar-refractivity contribution in [2.75, 3.05) is 52.9 Å². The first kappa shape index (κ1) is 22.0. The van der Waals surface area contributed by atoms with E-state index in [4.69, 9.17) is 9.73 Å². The maximum Gasteiger partial charge on any atom is 0.308 e. The van der Waals surface area contributed by atoms with E-state index in [2.05, 4.69) is 35.9 Å². The van der Waals surface area contributed by atoms with Crippen molar-refractivity contribution in [1.82, 2.24) is 15.1 Å². The predicted octanol–water partition coefficient (Wildman–Crippen LogP) is 2.60. The van der Waals surface area contributed by atoms with Gasteiger partial charge in [0.1, 0.15) is 0 Å². The van der Waals surface area contributed by atoms with Crippen molar-refractivity contribution < 1.29 is 9.53 Å². The molecular formula is C21H40N4O2. The van der Waals surface area contributed by atoms with Crippen LogP contribution in [0.1, 0.15) is 52.9 Å². The van der Waals surface area contributed by atoms with E-state index in [1.807, 2.05) is 0 Å². The Morgan fingerprint density at radius 3 is 2.41 bits per heavy atom. The van der Waals surface area contributed by atoms with Gasteiger partial charge in [0.15, 0.2) is 5.96 Å². The fourth-order valence-corrected chi connectivity index (χ4v) is 4.53. The molecule has 2 saturated heterocycles. The van der Waals surface area contributed by atoms with Gasteiger partial charge in [0.05, 0.1) is 13.0 Å². The minimum Gasteiger partial charge on any atom is -0.469 e.